The highest BCUT2D eigenvalue weighted by Gasteiger charge is 2.54. The highest BCUT2D eigenvalue weighted by Crippen LogP contribution is 2.41. The molecule has 0 bridgehead atoms. The van der Waals surface area contributed by atoms with Crippen LogP contribution in [0.25, 0.3) is 0 Å². The summed E-state index contributed by atoms with van der Waals surface area (Å²) in [6, 6.07) is 2.05. The summed E-state index contributed by atoms with van der Waals surface area (Å²) in [7, 11) is -0.356. The minimum Gasteiger partial charge on any atom is -0.473 e. The fraction of sp³-hybridized carbons (Fsp3) is 0.692. The molecule has 0 aromatic carbocycles. The Morgan fingerprint density at radius 2 is 1.71 bits per heavy atom. The van der Waals surface area contributed by atoms with Gasteiger partial charge >= 0.3 is 7.12 Å². The molecule has 3 rings (SSSR count). The Bertz CT molecular complexity index is 416. The molecule has 0 spiro atoms. The lowest BCUT2D eigenvalue weighted by Gasteiger charge is -2.32. The van der Waals surface area contributed by atoms with Crippen LogP contribution in [-0.4, -0.2) is 18.3 Å². The molecular formula is C13H19BO3. The van der Waals surface area contributed by atoms with Crippen LogP contribution in [0.2, 0.25) is 0 Å². The maximum absolute atomic E-state index is 6.01. The summed E-state index contributed by atoms with van der Waals surface area (Å²) in [6.45, 7) is 8.25. The average Bonchev–Trinajstić information content (AvgIpc) is 2.88. The molecule has 2 heterocycles. The Balaban J connectivity index is 1.89. The van der Waals surface area contributed by atoms with Crippen LogP contribution >= 0.6 is 0 Å². The fourth-order valence-electron chi connectivity index (χ4n) is 2.20. The van der Waals surface area contributed by atoms with E-state index in [0.29, 0.717) is 5.92 Å². The van der Waals surface area contributed by atoms with Crippen molar-refractivity contribution in [3.63, 3.8) is 0 Å². The molecule has 0 atom stereocenters. The molecule has 3 nitrogen and oxygen atoms in total. The van der Waals surface area contributed by atoms with E-state index in [9.17, 15) is 0 Å². The van der Waals surface area contributed by atoms with Crippen LogP contribution in [0.5, 0.6) is 0 Å². The normalized spacial score (nSPS) is 26.5. The van der Waals surface area contributed by atoms with Crippen LogP contribution in [0, 0.1) is 0 Å². The predicted octanol–water partition coefficient (Wildman–Crippen LogP) is 2.46. The molecule has 0 amide bonds. The molecule has 1 aliphatic heterocycles. The molecule has 1 aromatic rings. The van der Waals surface area contributed by atoms with E-state index in [1.54, 1.807) is 6.26 Å². The van der Waals surface area contributed by atoms with Gasteiger partial charge in [0.2, 0.25) is 0 Å². The second-order valence-corrected chi connectivity index (χ2v) is 6.10. The Labute approximate surface area is 103 Å². The topological polar surface area (TPSA) is 31.6 Å². The molecule has 17 heavy (non-hydrogen) atoms. The van der Waals surface area contributed by atoms with Gasteiger partial charge in [-0.3, -0.25) is 0 Å². The summed E-state index contributed by atoms with van der Waals surface area (Å²) in [5.74, 6) is 0.655. The van der Waals surface area contributed by atoms with E-state index >= 15 is 0 Å². The first kappa shape index (κ1) is 11.4. The van der Waals surface area contributed by atoms with Gasteiger partial charge in [-0.2, -0.15) is 0 Å². The maximum atomic E-state index is 6.01. The van der Waals surface area contributed by atoms with Gasteiger partial charge in [0.05, 0.1) is 17.5 Å². The van der Waals surface area contributed by atoms with Gasteiger partial charge in [-0.25, -0.2) is 0 Å². The Morgan fingerprint density at radius 3 is 2.24 bits per heavy atom. The molecule has 92 valence electrons. The molecule has 1 aromatic heterocycles. The molecule has 4 heteroatoms. The Morgan fingerprint density at radius 1 is 1.12 bits per heavy atom. The van der Waals surface area contributed by atoms with E-state index in [1.165, 1.54) is 18.4 Å². The van der Waals surface area contributed by atoms with Gasteiger partial charge in [-0.05, 0) is 58.1 Å². The second-order valence-electron chi connectivity index (χ2n) is 6.10. The summed E-state index contributed by atoms with van der Waals surface area (Å²) < 4.78 is 17.6. The third kappa shape index (κ3) is 1.74. The van der Waals surface area contributed by atoms with Crippen LogP contribution in [0.3, 0.4) is 0 Å². The van der Waals surface area contributed by atoms with Crippen LogP contribution < -0.4 is 5.66 Å². The molecule has 1 aliphatic carbocycles. The van der Waals surface area contributed by atoms with Crippen LogP contribution in [0.15, 0.2) is 16.7 Å². The van der Waals surface area contributed by atoms with Gasteiger partial charge in [-0.1, -0.05) is 0 Å². The molecule has 0 N–H and O–H groups in total. The monoisotopic (exact) mass is 234 g/mol. The van der Waals surface area contributed by atoms with E-state index in [-0.39, 0.29) is 18.3 Å². The van der Waals surface area contributed by atoms with E-state index in [1.807, 2.05) is 0 Å². The van der Waals surface area contributed by atoms with Gasteiger partial charge < -0.3 is 13.7 Å². The zero-order chi connectivity index (χ0) is 12.3. The van der Waals surface area contributed by atoms with Gasteiger partial charge in [0.1, 0.15) is 5.66 Å². The largest absolute Gasteiger partial charge is 0.533 e. The fourth-order valence-corrected chi connectivity index (χ4v) is 2.20. The maximum Gasteiger partial charge on any atom is 0.533 e. The summed E-state index contributed by atoms with van der Waals surface area (Å²) >= 11 is 0. The summed E-state index contributed by atoms with van der Waals surface area (Å²) in [4.78, 5) is 0. The molecular weight excluding hydrogens is 215 g/mol. The standard InChI is InChI=1S/C13H19BO3/c1-12(2)13(3,4)17-14(16-12)11-10(7-8-15-11)9-5-6-9/h7-9H,5-6H2,1-4H3. The highest BCUT2D eigenvalue weighted by atomic mass is 16.7. The molecule has 2 fully saturated rings. The third-order valence-corrected chi connectivity index (χ3v) is 4.21. The second kappa shape index (κ2) is 3.39. The van der Waals surface area contributed by atoms with Gasteiger partial charge in [0.25, 0.3) is 0 Å². The first-order valence-corrected chi connectivity index (χ1v) is 6.34. The quantitative estimate of drug-likeness (QED) is 0.736. The molecule has 0 radical (unpaired) electrons. The average molecular weight is 234 g/mol. The van der Waals surface area contributed by atoms with Crippen LogP contribution in [0.1, 0.15) is 52.0 Å². The van der Waals surface area contributed by atoms with Crippen LogP contribution in [-0.2, 0) is 9.31 Å². The minimum absolute atomic E-state index is 0.300. The summed E-state index contributed by atoms with van der Waals surface area (Å²) in [6.07, 6.45) is 4.26. The number of hydrogen-bond acceptors (Lipinski definition) is 3. The van der Waals surface area contributed by atoms with Crippen LogP contribution in [0.4, 0.5) is 0 Å². The minimum atomic E-state index is -0.356. The Hall–Kier alpha value is -0.735. The van der Waals surface area contributed by atoms with E-state index in [0.717, 1.165) is 5.66 Å². The van der Waals surface area contributed by atoms with Crippen molar-refractivity contribution in [1.29, 1.82) is 0 Å². The molecule has 0 unspecified atom stereocenters. The van der Waals surface area contributed by atoms with E-state index in [4.69, 9.17) is 13.7 Å². The van der Waals surface area contributed by atoms with Crippen molar-refractivity contribution in [2.24, 2.45) is 0 Å². The lowest BCUT2D eigenvalue weighted by molar-refractivity contribution is 0.00578. The summed E-state index contributed by atoms with van der Waals surface area (Å²) in [5, 5.41) is 0. The third-order valence-electron chi connectivity index (χ3n) is 4.21. The molecule has 1 saturated heterocycles. The van der Waals surface area contributed by atoms with Crippen molar-refractivity contribution in [3.8, 4) is 0 Å². The van der Waals surface area contributed by atoms with Crippen molar-refractivity contribution in [3.05, 3.63) is 17.9 Å². The van der Waals surface area contributed by atoms with Crippen molar-refractivity contribution < 1.29 is 13.7 Å². The summed E-state index contributed by atoms with van der Waals surface area (Å²) in [5.41, 5.74) is 1.53. The van der Waals surface area contributed by atoms with Gasteiger partial charge in [0, 0.05) is 0 Å². The zero-order valence-electron chi connectivity index (χ0n) is 10.9. The van der Waals surface area contributed by atoms with Gasteiger partial charge in [-0.15, -0.1) is 0 Å². The molecule has 2 aliphatic rings. The lowest BCUT2D eigenvalue weighted by Crippen LogP contribution is -2.41. The predicted molar refractivity (Wildman–Crippen MR) is 66.4 cm³/mol. The number of hydrogen-bond donors (Lipinski definition) is 0. The SMILES string of the molecule is CC1(C)OB(c2occc2C2CC2)OC1(C)C. The smallest absolute Gasteiger partial charge is 0.473 e. The van der Waals surface area contributed by atoms with Crippen molar-refractivity contribution in [2.75, 3.05) is 0 Å². The van der Waals surface area contributed by atoms with Crippen molar-refractivity contribution in [1.82, 2.24) is 0 Å². The van der Waals surface area contributed by atoms with E-state index < -0.39 is 0 Å². The van der Waals surface area contributed by atoms with Crippen molar-refractivity contribution >= 4 is 12.8 Å². The zero-order valence-corrected chi connectivity index (χ0v) is 10.9. The van der Waals surface area contributed by atoms with E-state index in [2.05, 4.69) is 33.8 Å². The first-order valence-electron chi connectivity index (χ1n) is 6.34. The number of furan rings is 1. The first-order chi connectivity index (χ1) is 7.91. The van der Waals surface area contributed by atoms with Gasteiger partial charge in [0.15, 0.2) is 0 Å². The van der Waals surface area contributed by atoms with Crippen molar-refractivity contribution in [2.45, 2.75) is 57.7 Å². The molecule has 1 saturated carbocycles. The lowest BCUT2D eigenvalue weighted by atomic mass is 9.82. The Kier molecular flexibility index (Phi) is 2.27. The highest BCUT2D eigenvalue weighted by molar-refractivity contribution is 6.61. The number of rotatable bonds is 2.